The maximum Gasteiger partial charge on any atom is 0.0935 e. The molecule has 0 aromatic rings. The normalized spacial score (nSPS) is 32.8. The van der Waals surface area contributed by atoms with E-state index in [1.54, 1.807) is 0 Å². The van der Waals surface area contributed by atoms with Crippen LogP contribution in [0, 0.1) is 0 Å². The van der Waals surface area contributed by atoms with E-state index < -0.39 is 0 Å². The smallest absolute Gasteiger partial charge is 0.0935 e. The summed E-state index contributed by atoms with van der Waals surface area (Å²) in [5, 5.41) is 3.49. The van der Waals surface area contributed by atoms with Gasteiger partial charge in [-0.1, -0.05) is 6.42 Å². The van der Waals surface area contributed by atoms with E-state index >= 15 is 0 Å². The highest BCUT2D eigenvalue weighted by Gasteiger charge is 2.19. The van der Waals surface area contributed by atoms with Crippen molar-refractivity contribution in [1.82, 2.24) is 10.2 Å². The second-order valence-corrected chi connectivity index (χ2v) is 4.94. The molecule has 0 aliphatic carbocycles. The Bertz CT molecular complexity index is 195. The Morgan fingerprint density at radius 2 is 2.31 bits per heavy atom. The Morgan fingerprint density at radius 1 is 1.38 bits per heavy atom. The zero-order valence-corrected chi connectivity index (χ0v) is 10.3. The Labute approximate surface area is 98.3 Å². The summed E-state index contributed by atoms with van der Waals surface area (Å²) in [6.07, 6.45) is 4.17. The van der Waals surface area contributed by atoms with Crippen LogP contribution in [0.25, 0.3) is 0 Å². The second-order valence-electron chi connectivity index (χ2n) is 4.94. The molecular weight excluding hydrogens is 204 g/mol. The number of nitrogens with one attached hydrogen (secondary N) is 1. The van der Waals surface area contributed by atoms with E-state index in [0.29, 0.717) is 6.04 Å². The number of hydrogen-bond acceptors (Lipinski definition) is 4. The first-order valence-corrected chi connectivity index (χ1v) is 6.46. The van der Waals surface area contributed by atoms with Gasteiger partial charge >= 0.3 is 0 Å². The Morgan fingerprint density at radius 3 is 3.06 bits per heavy atom. The molecule has 2 saturated heterocycles. The third kappa shape index (κ3) is 4.01. The molecule has 2 aliphatic heterocycles. The standard InChI is InChI=1S/C12H24N2O2/c1-14-6-7-16-12(8-14)10-15-9-11-4-2-3-5-13-11/h11-13H,2-10H2,1H3. The molecule has 0 saturated carbocycles. The van der Waals surface area contributed by atoms with Crippen molar-refractivity contribution in [2.45, 2.75) is 31.4 Å². The lowest BCUT2D eigenvalue weighted by Crippen LogP contribution is -2.43. The molecule has 1 N–H and O–H groups in total. The maximum absolute atomic E-state index is 5.75. The highest BCUT2D eigenvalue weighted by atomic mass is 16.5. The van der Waals surface area contributed by atoms with Crippen LogP contribution in [0.2, 0.25) is 0 Å². The number of likely N-dealkylation sites (N-methyl/N-ethyl adjacent to an activating group) is 1. The van der Waals surface area contributed by atoms with Gasteiger partial charge in [-0.05, 0) is 26.4 Å². The van der Waals surface area contributed by atoms with Gasteiger partial charge in [-0.2, -0.15) is 0 Å². The van der Waals surface area contributed by atoms with Crippen LogP contribution in [0.15, 0.2) is 0 Å². The number of nitrogens with zero attached hydrogens (tertiary/aromatic N) is 1. The van der Waals surface area contributed by atoms with Gasteiger partial charge in [-0.15, -0.1) is 0 Å². The van der Waals surface area contributed by atoms with Gasteiger partial charge in [0, 0.05) is 19.1 Å². The molecule has 0 amide bonds. The predicted octanol–water partition coefficient (Wildman–Crippen LogP) is 0.476. The van der Waals surface area contributed by atoms with E-state index in [-0.39, 0.29) is 6.10 Å². The highest BCUT2D eigenvalue weighted by Crippen LogP contribution is 2.08. The summed E-state index contributed by atoms with van der Waals surface area (Å²) in [6, 6.07) is 0.565. The van der Waals surface area contributed by atoms with Crippen LogP contribution in [0.4, 0.5) is 0 Å². The molecule has 0 aromatic carbocycles. The van der Waals surface area contributed by atoms with E-state index in [1.807, 2.05) is 0 Å². The molecule has 2 heterocycles. The summed E-state index contributed by atoms with van der Waals surface area (Å²) >= 11 is 0. The zero-order chi connectivity index (χ0) is 11.2. The maximum atomic E-state index is 5.75. The fraction of sp³-hybridized carbons (Fsp3) is 1.00. The van der Waals surface area contributed by atoms with Crippen molar-refractivity contribution in [2.24, 2.45) is 0 Å². The lowest BCUT2D eigenvalue weighted by Gasteiger charge is -2.30. The molecule has 2 rings (SSSR count). The first-order valence-electron chi connectivity index (χ1n) is 6.46. The van der Waals surface area contributed by atoms with Gasteiger partial charge in [0.1, 0.15) is 0 Å². The molecule has 0 bridgehead atoms. The number of morpholine rings is 1. The molecule has 2 atom stereocenters. The van der Waals surface area contributed by atoms with Crippen molar-refractivity contribution in [1.29, 1.82) is 0 Å². The van der Waals surface area contributed by atoms with Crippen LogP contribution in [-0.4, -0.2) is 63.5 Å². The van der Waals surface area contributed by atoms with Gasteiger partial charge in [-0.25, -0.2) is 0 Å². The molecule has 2 unspecified atom stereocenters. The minimum absolute atomic E-state index is 0.266. The van der Waals surface area contributed by atoms with Gasteiger partial charge in [0.25, 0.3) is 0 Å². The summed E-state index contributed by atoms with van der Waals surface area (Å²) in [4.78, 5) is 2.30. The van der Waals surface area contributed by atoms with Crippen molar-refractivity contribution in [3.8, 4) is 0 Å². The molecule has 16 heavy (non-hydrogen) atoms. The summed E-state index contributed by atoms with van der Waals surface area (Å²) < 4.78 is 11.4. The van der Waals surface area contributed by atoms with Crippen molar-refractivity contribution >= 4 is 0 Å². The fourth-order valence-electron chi connectivity index (χ4n) is 2.38. The third-order valence-corrected chi connectivity index (χ3v) is 3.38. The monoisotopic (exact) mass is 228 g/mol. The predicted molar refractivity (Wildman–Crippen MR) is 63.7 cm³/mol. The minimum Gasteiger partial charge on any atom is -0.377 e. The Kier molecular flexibility index (Phi) is 5.03. The lowest BCUT2D eigenvalue weighted by molar-refractivity contribution is -0.0662. The summed E-state index contributed by atoms with van der Waals surface area (Å²) in [6.45, 7) is 5.60. The van der Waals surface area contributed by atoms with Gasteiger partial charge in [0.2, 0.25) is 0 Å². The molecule has 4 heteroatoms. The summed E-state index contributed by atoms with van der Waals surface area (Å²) in [5.74, 6) is 0. The van der Waals surface area contributed by atoms with Crippen LogP contribution in [0.5, 0.6) is 0 Å². The van der Waals surface area contributed by atoms with Crippen molar-refractivity contribution in [3.63, 3.8) is 0 Å². The molecule has 2 fully saturated rings. The zero-order valence-electron chi connectivity index (χ0n) is 10.3. The van der Waals surface area contributed by atoms with Crippen LogP contribution >= 0.6 is 0 Å². The molecule has 0 spiro atoms. The number of piperidine rings is 1. The van der Waals surface area contributed by atoms with Crippen LogP contribution in [0.3, 0.4) is 0 Å². The highest BCUT2D eigenvalue weighted by molar-refractivity contribution is 4.73. The Hall–Kier alpha value is -0.160. The molecule has 2 aliphatic rings. The number of rotatable bonds is 4. The van der Waals surface area contributed by atoms with Gasteiger partial charge in [-0.3, -0.25) is 0 Å². The topological polar surface area (TPSA) is 33.7 Å². The minimum atomic E-state index is 0.266. The molecule has 4 nitrogen and oxygen atoms in total. The molecule has 0 aromatic heterocycles. The fourth-order valence-corrected chi connectivity index (χ4v) is 2.38. The van der Waals surface area contributed by atoms with Crippen LogP contribution < -0.4 is 5.32 Å². The van der Waals surface area contributed by atoms with Crippen LogP contribution in [-0.2, 0) is 9.47 Å². The lowest BCUT2D eigenvalue weighted by atomic mass is 10.1. The van der Waals surface area contributed by atoms with E-state index in [0.717, 1.165) is 39.5 Å². The second kappa shape index (κ2) is 6.55. The van der Waals surface area contributed by atoms with Crippen LogP contribution in [0.1, 0.15) is 19.3 Å². The average molecular weight is 228 g/mol. The quantitative estimate of drug-likeness (QED) is 0.758. The van der Waals surface area contributed by atoms with Gasteiger partial charge in [0.15, 0.2) is 0 Å². The first kappa shape index (κ1) is 12.3. The van der Waals surface area contributed by atoms with Gasteiger partial charge < -0.3 is 19.7 Å². The largest absolute Gasteiger partial charge is 0.377 e. The summed E-state index contributed by atoms with van der Waals surface area (Å²) in [5.41, 5.74) is 0. The third-order valence-electron chi connectivity index (χ3n) is 3.38. The van der Waals surface area contributed by atoms with E-state index in [4.69, 9.17) is 9.47 Å². The Balaban J connectivity index is 1.56. The number of ether oxygens (including phenoxy) is 2. The van der Waals surface area contributed by atoms with E-state index in [9.17, 15) is 0 Å². The first-order chi connectivity index (χ1) is 7.84. The average Bonchev–Trinajstić information content (AvgIpc) is 2.30. The molecule has 0 radical (unpaired) electrons. The molecular formula is C12H24N2O2. The van der Waals surface area contributed by atoms with E-state index in [2.05, 4.69) is 17.3 Å². The van der Waals surface area contributed by atoms with Crippen molar-refractivity contribution in [3.05, 3.63) is 0 Å². The van der Waals surface area contributed by atoms with Gasteiger partial charge in [0.05, 0.1) is 25.9 Å². The number of hydrogen-bond donors (Lipinski definition) is 1. The van der Waals surface area contributed by atoms with E-state index in [1.165, 1.54) is 19.3 Å². The SMILES string of the molecule is CN1CCOC(COCC2CCCCN2)C1. The summed E-state index contributed by atoms with van der Waals surface area (Å²) in [7, 11) is 2.14. The van der Waals surface area contributed by atoms with Crippen molar-refractivity contribution < 1.29 is 9.47 Å². The molecule has 94 valence electrons. The van der Waals surface area contributed by atoms with Crippen molar-refractivity contribution in [2.75, 3.05) is 46.5 Å².